The number of rotatable bonds is 5. The highest BCUT2D eigenvalue weighted by atomic mass is 16.6. The second-order valence-corrected chi connectivity index (χ2v) is 4.07. The number of nitrogens with zero attached hydrogens (tertiary/aromatic N) is 6. The fourth-order valence-electron chi connectivity index (χ4n) is 1.69. The van der Waals surface area contributed by atoms with Crippen LogP contribution in [0.1, 0.15) is 5.76 Å². The molecule has 0 saturated heterocycles. The SMILES string of the molecule is O=[N+]([O-])c1cccc(-c2ccc(/C=N\[N-]c3nn[nH]n3)o2)c1. The van der Waals surface area contributed by atoms with E-state index in [1.54, 1.807) is 24.3 Å². The molecule has 0 atom stereocenters. The van der Waals surface area contributed by atoms with Crippen LogP contribution in [0.4, 0.5) is 11.6 Å². The number of aromatic nitrogens is 4. The second kappa shape index (κ2) is 5.83. The van der Waals surface area contributed by atoms with Crippen molar-refractivity contribution in [3.05, 3.63) is 57.7 Å². The molecule has 0 aliphatic rings. The van der Waals surface area contributed by atoms with E-state index in [-0.39, 0.29) is 11.6 Å². The molecule has 0 bridgehead atoms. The van der Waals surface area contributed by atoms with Gasteiger partial charge >= 0.3 is 0 Å². The molecule has 110 valence electrons. The predicted octanol–water partition coefficient (Wildman–Crippen LogP) is 2.41. The van der Waals surface area contributed by atoms with Crippen molar-refractivity contribution in [2.75, 3.05) is 0 Å². The number of benzene rings is 1. The van der Waals surface area contributed by atoms with Crippen molar-refractivity contribution in [2.45, 2.75) is 0 Å². The number of nitrogens with one attached hydrogen (secondary N) is 1. The average molecular weight is 298 g/mol. The summed E-state index contributed by atoms with van der Waals surface area (Å²) in [5.74, 6) is 1.03. The first kappa shape index (κ1) is 13.4. The van der Waals surface area contributed by atoms with Crippen LogP contribution >= 0.6 is 0 Å². The molecule has 1 aromatic carbocycles. The molecule has 2 heterocycles. The van der Waals surface area contributed by atoms with Crippen LogP contribution in [0, 0.1) is 10.1 Å². The molecule has 10 nitrogen and oxygen atoms in total. The molecule has 0 amide bonds. The zero-order valence-corrected chi connectivity index (χ0v) is 10.9. The summed E-state index contributed by atoms with van der Waals surface area (Å²) in [6.45, 7) is 0. The molecule has 0 aliphatic carbocycles. The molecular formula is C12H8N7O3-. The third-order valence-corrected chi connectivity index (χ3v) is 2.63. The van der Waals surface area contributed by atoms with E-state index >= 15 is 0 Å². The van der Waals surface area contributed by atoms with E-state index < -0.39 is 4.92 Å². The Balaban J connectivity index is 1.74. The lowest BCUT2D eigenvalue weighted by atomic mass is 10.1. The molecule has 22 heavy (non-hydrogen) atoms. The number of furan rings is 1. The van der Waals surface area contributed by atoms with Gasteiger partial charge in [-0.2, -0.15) is 0 Å². The highest BCUT2D eigenvalue weighted by Gasteiger charge is 2.09. The van der Waals surface area contributed by atoms with E-state index in [2.05, 4.69) is 31.2 Å². The van der Waals surface area contributed by atoms with Crippen molar-refractivity contribution < 1.29 is 9.34 Å². The van der Waals surface area contributed by atoms with Gasteiger partial charge < -0.3 is 4.42 Å². The average Bonchev–Trinajstić information content (AvgIpc) is 3.19. The van der Waals surface area contributed by atoms with Crippen molar-refractivity contribution in [1.82, 2.24) is 20.6 Å². The Labute approximate surface area is 123 Å². The van der Waals surface area contributed by atoms with Crippen LogP contribution in [0.5, 0.6) is 0 Å². The van der Waals surface area contributed by atoms with Crippen LogP contribution in [0.2, 0.25) is 0 Å². The molecule has 0 radical (unpaired) electrons. The van der Waals surface area contributed by atoms with Gasteiger partial charge in [0, 0.05) is 17.7 Å². The standard InChI is InChI=1S/C12H8N7O3/c20-19(21)9-3-1-2-8(6-9)11-5-4-10(22-11)7-13-14-12-15-17-18-16-12/h1-7H,(H-,14,15,16,17,18)/q-1/b13-7-. The summed E-state index contributed by atoms with van der Waals surface area (Å²) < 4.78 is 5.53. The molecule has 3 rings (SSSR count). The van der Waals surface area contributed by atoms with Gasteiger partial charge in [0.25, 0.3) is 5.69 Å². The van der Waals surface area contributed by atoms with Crippen LogP contribution in [0.3, 0.4) is 0 Å². The number of nitro groups is 1. The molecule has 2 aromatic heterocycles. The van der Waals surface area contributed by atoms with Crippen LogP contribution in [-0.4, -0.2) is 31.8 Å². The van der Waals surface area contributed by atoms with Crippen molar-refractivity contribution in [3.63, 3.8) is 0 Å². The fourth-order valence-corrected chi connectivity index (χ4v) is 1.69. The highest BCUT2D eigenvalue weighted by molar-refractivity contribution is 5.78. The Hall–Kier alpha value is -3.56. The molecule has 10 heteroatoms. The molecule has 3 aromatic rings. The number of tetrazole rings is 1. The summed E-state index contributed by atoms with van der Waals surface area (Å²) in [6.07, 6.45) is 1.37. The maximum atomic E-state index is 10.8. The van der Waals surface area contributed by atoms with Crippen LogP contribution in [-0.2, 0) is 0 Å². The van der Waals surface area contributed by atoms with Crippen molar-refractivity contribution in [1.29, 1.82) is 0 Å². The van der Waals surface area contributed by atoms with Gasteiger partial charge in [0.2, 0.25) is 0 Å². The van der Waals surface area contributed by atoms with Crippen molar-refractivity contribution in [3.8, 4) is 11.3 Å². The molecule has 1 N–H and O–H groups in total. The largest absolute Gasteiger partial charge is 0.455 e. The number of H-pyrrole nitrogens is 1. The minimum Gasteiger partial charge on any atom is -0.455 e. The smallest absolute Gasteiger partial charge is 0.270 e. The van der Waals surface area contributed by atoms with Crippen molar-refractivity contribution >= 4 is 17.9 Å². The maximum Gasteiger partial charge on any atom is 0.270 e. The monoisotopic (exact) mass is 298 g/mol. The van der Waals surface area contributed by atoms with Crippen LogP contribution in [0.25, 0.3) is 16.7 Å². The van der Waals surface area contributed by atoms with Crippen LogP contribution < -0.4 is 0 Å². The van der Waals surface area contributed by atoms with E-state index in [1.807, 2.05) is 0 Å². The Morgan fingerprint density at radius 3 is 3.05 bits per heavy atom. The molecule has 0 unspecified atom stereocenters. The van der Waals surface area contributed by atoms with Gasteiger partial charge in [-0.05, 0) is 12.1 Å². The van der Waals surface area contributed by atoms with Gasteiger partial charge in [-0.25, -0.2) is 5.10 Å². The number of nitro benzene ring substituents is 1. The normalized spacial score (nSPS) is 10.9. The highest BCUT2D eigenvalue weighted by Crippen LogP contribution is 2.25. The van der Waals surface area contributed by atoms with Gasteiger partial charge in [-0.3, -0.25) is 31.0 Å². The summed E-state index contributed by atoms with van der Waals surface area (Å²) in [5.41, 5.74) is 4.28. The summed E-state index contributed by atoms with van der Waals surface area (Å²) in [4.78, 5) is 10.3. The third-order valence-electron chi connectivity index (χ3n) is 2.63. The number of hydrogen-bond acceptors (Lipinski definition) is 7. The Bertz CT molecular complexity index is 810. The summed E-state index contributed by atoms with van der Waals surface area (Å²) in [5, 5.41) is 27.3. The number of hydrogen-bond donors (Lipinski definition) is 1. The Morgan fingerprint density at radius 1 is 1.36 bits per heavy atom. The first-order chi connectivity index (χ1) is 10.7. The molecule has 0 fully saturated rings. The van der Waals surface area contributed by atoms with Gasteiger partial charge in [0.15, 0.2) is 0 Å². The summed E-state index contributed by atoms with van der Waals surface area (Å²) in [7, 11) is 0. The molecule has 0 aliphatic heterocycles. The van der Waals surface area contributed by atoms with Gasteiger partial charge in [0.1, 0.15) is 11.5 Å². The number of non-ortho nitro benzene ring substituents is 1. The minimum absolute atomic E-state index is 0.00350. The van der Waals surface area contributed by atoms with E-state index in [9.17, 15) is 10.1 Å². The lowest BCUT2D eigenvalue weighted by molar-refractivity contribution is -0.384. The van der Waals surface area contributed by atoms with Gasteiger partial charge in [-0.15, -0.1) is 5.21 Å². The molecule has 0 saturated carbocycles. The quantitative estimate of drug-likeness (QED) is 0.436. The predicted molar refractivity (Wildman–Crippen MR) is 75.6 cm³/mol. The third kappa shape index (κ3) is 2.95. The minimum atomic E-state index is -0.460. The lowest BCUT2D eigenvalue weighted by Gasteiger charge is -1.97. The van der Waals surface area contributed by atoms with Gasteiger partial charge in [-0.1, -0.05) is 12.1 Å². The number of aromatic amines is 1. The summed E-state index contributed by atoms with van der Waals surface area (Å²) >= 11 is 0. The zero-order valence-electron chi connectivity index (χ0n) is 10.9. The topological polar surface area (TPSA) is 137 Å². The maximum absolute atomic E-state index is 10.8. The first-order valence-electron chi connectivity index (χ1n) is 6.04. The molecular weight excluding hydrogens is 290 g/mol. The van der Waals surface area contributed by atoms with Gasteiger partial charge in [0.05, 0.1) is 17.1 Å². The van der Waals surface area contributed by atoms with E-state index in [4.69, 9.17) is 4.42 Å². The van der Waals surface area contributed by atoms with E-state index in [0.29, 0.717) is 17.1 Å². The molecule has 0 spiro atoms. The van der Waals surface area contributed by atoms with Crippen LogP contribution in [0.15, 0.2) is 45.9 Å². The van der Waals surface area contributed by atoms with E-state index in [0.717, 1.165) is 0 Å². The second-order valence-electron chi connectivity index (χ2n) is 4.07. The Morgan fingerprint density at radius 2 is 2.27 bits per heavy atom. The fraction of sp³-hybridized carbons (Fsp3) is 0. The Kier molecular flexibility index (Phi) is 3.56. The first-order valence-corrected chi connectivity index (χ1v) is 6.04. The summed E-state index contributed by atoms with van der Waals surface area (Å²) in [6, 6.07) is 9.52. The van der Waals surface area contributed by atoms with Crippen molar-refractivity contribution in [2.24, 2.45) is 5.10 Å². The zero-order chi connectivity index (χ0) is 15.4. The van der Waals surface area contributed by atoms with E-state index in [1.165, 1.54) is 18.3 Å². The lowest BCUT2D eigenvalue weighted by Crippen LogP contribution is -1.87.